The summed E-state index contributed by atoms with van der Waals surface area (Å²) >= 11 is 5.77. The van der Waals surface area contributed by atoms with Crippen LogP contribution in [0.25, 0.3) is 0 Å². The smallest absolute Gasteiger partial charge is 0.407 e. The van der Waals surface area contributed by atoms with E-state index in [-0.39, 0.29) is 23.6 Å². The van der Waals surface area contributed by atoms with Crippen LogP contribution in [-0.4, -0.2) is 27.2 Å². The Hall–Kier alpha value is -0.990. The van der Waals surface area contributed by atoms with E-state index in [0.29, 0.717) is 0 Å². The van der Waals surface area contributed by atoms with Crippen molar-refractivity contribution in [2.24, 2.45) is 0 Å². The van der Waals surface area contributed by atoms with Crippen LogP contribution in [0.2, 0.25) is 5.02 Å². The van der Waals surface area contributed by atoms with E-state index in [1.54, 1.807) is 4.72 Å². The van der Waals surface area contributed by atoms with E-state index in [1.807, 2.05) is 0 Å². The maximum Gasteiger partial charge on any atom is 0.407 e. The molecule has 4 nitrogen and oxygen atoms in total. The largest absolute Gasteiger partial charge is 0.494 e. The summed E-state index contributed by atoms with van der Waals surface area (Å²) in [5.74, 6) is -0.181. The molecule has 1 aromatic rings. The third-order valence-electron chi connectivity index (χ3n) is 3.05. The average Bonchev–Trinajstić information content (AvgIpc) is 3.08. The fourth-order valence-electron chi connectivity index (χ4n) is 1.78. The van der Waals surface area contributed by atoms with Gasteiger partial charge < -0.3 is 4.74 Å². The Morgan fingerprint density at radius 2 is 1.95 bits per heavy atom. The van der Waals surface area contributed by atoms with Crippen LogP contribution in [0, 0.1) is 0 Å². The number of benzene rings is 1. The van der Waals surface area contributed by atoms with Crippen LogP contribution in [0.3, 0.4) is 0 Å². The van der Waals surface area contributed by atoms with Crippen molar-refractivity contribution in [3.8, 4) is 5.75 Å². The average molecular weight is 330 g/mol. The number of ether oxygens (including phenoxy) is 1. The van der Waals surface area contributed by atoms with Gasteiger partial charge in [-0.15, -0.1) is 0 Å². The van der Waals surface area contributed by atoms with Crippen molar-refractivity contribution >= 4 is 21.6 Å². The van der Waals surface area contributed by atoms with Crippen molar-refractivity contribution < 1.29 is 26.3 Å². The van der Waals surface area contributed by atoms with Crippen molar-refractivity contribution in [3.05, 3.63) is 23.2 Å². The Morgan fingerprint density at radius 1 is 1.35 bits per heavy atom. The molecule has 112 valence electrons. The molecule has 0 unspecified atom stereocenters. The number of halogens is 4. The zero-order valence-electron chi connectivity index (χ0n) is 10.3. The number of sulfonamides is 1. The van der Waals surface area contributed by atoms with Crippen LogP contribution in [0.4, 0.5) is 13.2 Å². The van der Waals surface area contributed by atoms with Gasteiger partial charge in [-0.1, -0.05) is 17.7 Å². The molecule has 1 fully saturated rings. The van der Waals surface area contributed by atoms with E-state index in [0.717, 1.165) is 6.07 Å². The number of nitrogens with one attached hydrogen (secondary N) is 1. The maximum absolute atomic E-state index is 12.8. The minimum atomic E-state index is -4.63. The van der Waals surface area contributed by atoms with Gasteiger partial charge in [0, 0.05) is 0 Å². The summed E-state index contributed by atoms with van der Waals surface area (Å²) in [7, 11) is -3.19. The van der Waals surface area contributed by atoms with E-state index in [9.17, 15) is 21.6 Å². The lowest BCUT2D eigenvalue weighted by molar-refractivity contribution is -0.160. The Kier molecular flexibility index (Phi) is 3.68. The first kappa shape index (κ1) is 15.4. The van der Waals surface area contributed by atoms with Gasteiger partial charge in [-0.3, -0.25) is 0 Å². The van der Waals surface area contributed by atoms with Crippen LogP contribution in [0.1, 0.15) is 12.8 Å². The Morgan fingerprint density at radius 3 is 2.40 bits per heavy atom. The first-order valence-electron chi connectivity index (χ1n) is 5.56. The fourth-order valence-corrected chi connectivity index (χ4v) is 3.73. The van der Waals surface area contributed by atoms with Crippen molar-refractivity contribution in [2.45, 2.75) is 29.5 Å². The molecule has 0 amide bonds. The quantitative estimate of drug-likeness (QED) is 0.924. The van der Waals surface area contributed by atoms with Gasteiger partial charge in [-0.2, -0.15) is 17.9 Å². The summed E-state index contributed by atoms with van der Waals surface area (Å²) in [5, 5.41) is 0.00670. The number of hydrogen-bond acceptors (Lipinski definition) is 3. The third-order valence-corrected chi connectivity index (χ3v) is 4.90. The molecule has 1 saturated carbocycles. The highest BCUT2D eigenvalue weighted by Gasteiger charge is 2.65. The zero-order valence-corrected chi connectivity index (χ0v) is 11.9. The van der Waals surface area contributed by atoms with Crippen molar-refractivity contribution in [2.75, 3.05) is 7.11 Å². The second-order valence-electron chi connectivity index (χ2n) is 4.46. The van der Waals surface area contributed by atoms with Gasteiger partial charge in [0.1, 0.15) is 10.4 Å². The predicted molar refractivity (Wildman–Crippen MR) is 66.3 cm³/mol. The van der Waals surface area contributed by atoms with Gasteiger partial charge in [0.05, 0.1) is 12.1 Å². The molecule has 0 bridgehead atoms. The second-order valence-corrected chi connectivity index (χ2v) is 6.51. The number of rotatable bonds is 4. The van der Waals surface area contributed by atoms with E-state index in [1.165, 1.54) is 19.2 Å². The zero-order chi connectivity index (χ0) is 15.2. The van der Waals surface area contributed by atoms with Crippen LogP contribution >= 0.6 is 11.6 Å². The first-order chi connectivity index (χ1) is 9.13. The standard InChI is InChI=1S/C11H11ClF3NO3S/c1-19-9-7(12)3-2-4-8(9)20(17,18)16-10(5-6-10)11(13,14)15/h2-4,16H,5-6H2,1H3. The lowest BCUT2D eigenvalue weighted by atomic mass is 10.3. The Balaban J connectivity index is 2.40. The molecular formula is C11H11ClF3NO3S. The fraction of sp³-hybridized carbons (Fsp3) is 0.455. The summed E-state index contributed by atoms with van der Waals surface area (Å²) in [5.41, 5.74) is -2.38. The minimum Gasteiger partial charge on any atom is -0.494 e. The number of methoxy groups -OCH3 is 1. The monoisotopic (exact) mass is 329 g/mol. The van der Waals surface area contributed by atoms with Crippen LogP contribution < -0.4 is 9.46 Å². The first-order valence-corrected chi connectivity index (χ1v) is 7.42. The molecule has 2 rings (SSSR count). The summed E-state index contributed by atoms with van der Waals surface area (Å²) < 4.78 is 69.3. The van der Waals surface area contributed by atoms with E-state index < -0.39 is 26.6 Å². The van der Waals surface area contributed by atoms with Gasteiger partial charge in [0.2, 0.25) is 10.0 Å². The molecule has 1 aliphatic rings. The molecule has 0 spiro atoms. The maximum atomic E-state index is 12.8. The van der Waals surface area contributed by atoms with Gasteiger partial charge >= 0.3 is 6.18 Å². The van der Waals surface area contributed by atoms with E-state index >= 15 is 0 Å². The molecule has 1 aliphatic carbocycles. The van der Waals surface area contributed by atoms with Gasteiger partial charge in [0.15, 0.2) is 5.75 Å². The predicted octanol–water partition coefficient (Wildman–Crippen LogP) is 2.72. The van der Waals surface area contributed by atoms with E-state index in [2.05, 4.69) is 0 Å². The number of para-hydroxylation sites is 1. The molecule has 20 heavy (non-hydrogen) atoms. The highest BCUT2D eigenvalue weighted by Crippen LogP contribution is 2.50. The normalized spacial score (nSPS) is 17.9. The third kappa shape index (κ3) is 2.59. The van der Waals surface area contributed by atoms with Crippen molar-refractivity contribution in [1.82, 2.24) is 4.72 Å². The van der Waals surface area contributed by atoms with Crippen molar-refractivity contribution in [3.63, 3.8) is 0 Å². The lowest BCUT2D eigenvalue weighted by Gasteiger charge is -2.21. The van der Waals surface area contributed by atoms with Gasteiger partial charge in [0.25, 0.3) is 0 Å². The molecular weight excluding hydrogens is 319 g/mol. The molecule has 0 saturated heterocycles. The molecule has 1 aromatic carbocycles. The highest BCUT2D eigenvalue weighted by molar-refractivity contribution is 7.89. The minimum absolute atomic E-state index is 0.00670. The number of alkyl halides is 3. The van der Waals surface area contributed by atoms with Gasteiger partial charge in [-0.25, -0.2) is 8.42 Å². The summed E-state index contributed by atoms with van der Waals surface area (Å²) in [6, 6.07) is 3.85. The van der Waals surface area contributed by atoms with E-state index in [4.69, 9.17) is 16.3 Å². The number of hydrogen-bond donors (Lipinski definition) is 1. The highest BCUT2D eigenvalue weighted by atomic mass is 35.5. The van der Waals surface area contributed by atoms with Crippen LogP contribution in [0.5, 0.6) is 5.75 Å². The Labute approximate surface area is 118 Å². The SMILES string of the molecule is COc1c(Cl)cccc1S(=O)(=O)NC1(C(F)(F)F)CC1. The summed E-state index contributed by atoms with van der Waals surface area (Å²) in [4.78, 5) is -0.414. The molecule has 9 heteroatoms. The Bertz CT molecular complexity index is 626. The molecule has 0 aliphatic heterocycles. The molecule has 0 atom stereocenters. The molecule has 0 aromatic heterocycles. The van der Waals surface area contributed by atoms with Gasteiger partial charge in [-0.05, 0) is 25.0 Å². The van der Waals surface area contributed by atoms with Crippen LogP contribution in [0.15, 0.2) is 23.1 Å². The molecule has 0 radical (unpaired) electrons. The second kappa shape index (κ2) is 4.78. The van der Waals surface area contributed by atoms with Crippen LogP contribution in [-0.2, 0) is 10.0 Å². The molecule has 1 N–H and O–H groups in total. The summed E-state index contributed by atoms with van der Waals surface area (Å²) in [6.07, 6.45) is -5.19. The lowest BCUT2D eigenvalue weighted by Crippen LogP contribution is -2.47. The summed E-state index contributed by atoms with van der Waals surface area (Å²) in [6.45, 7) is 0. The topological polar surface area (TPSA) is 55.4 Å². The van der Waals surface area contributed by atoms with Crippen molar-refractivity contribution in [1.29, 1.82) is 0 Å². The molecule has 0 heterocycles.